The van der Waals surface area contributed by atoms with Gasteiger partial charge in [-0.1, -0.05) is 6.92 Å². The first-order chi connectivity index (χ1) is 9.43. The van der Waals surface area contributed by atoms with Gasteiger partial charge in [0.25, 0.3) is 5.69 Å². The van der Waals surface area contributed by atoms with Gasteiger partial charge in [0.05, 0.1) is 10.8 Å². The molecule has 1 aromatic carbocycles. The molecule has 7 heteroatoms. The summed E-state index contributed by atoms with van der Waals surface area (Å²) in [5.41, 5.74) is 1.19. The molecule has 20 heavy (non-hydrogen) atoms. The average Bonchev–Trinajstić information content (AvgIpc) is 2.80. The number of nitro benzene ring substituents is 1. The molecule has 0 spiro atoms. The molecule has 7 nitrogen and oxygen atoms in total. The first kappa shape index (κ1) is 14.0. The fraction of sp³-hybridized carbons (Fsp3) is 0.385. The molecule has 1 heterocycles. The summed E-state index contributed by atoms with van der Waals surface area (Å²) in [4.78, 5) is 34.5. The number of carboxylic acids is 1. The van der Waals surface area contributed by atoms with Gasteiger partial charge in [-0.25, -0.2) is 0 Å². The molecular weight excluding hydrogens is 264 g/mol. The van der Waals surface area contributed by atoms with Gasteiger partial charge >= 0.3 is 5.97 Å². The highest BCUT2D eigenvalue weighted by Crippen LogP contribution is 2.31. The highest BCUT2D eigenvalue weighted by atomic mass is 16.6. The molecule has 1 aliphatic heterocycles. The fourth-order valence-corrected chi connectivity index (χ4v) is 2.34. The third kappa shape index (κ3) is 2.47. The number of non-ortho nitro benzene ring substituents is 1. The summed E-state index contributed by atoms with van der Waals surface area (Å²) in [6.45, 7) is 1.94. The second-order valence-electron chi connectivity index (χ2n) is 4.67. The van der Waals surface area contributed by atoms with Crippen molar-refractivity contribution in [1.29, 1.82) is 0 Å². The van der Waals surface area contributed by atoms with Crippen LogP contribution >= 0.6 is 0 Å². The number of amides is 1. The lowest BCUT2D eigenvalue weighted by Gasteiger charge is -2.19. The van der Waals surface area contributed by atoms with E-state index in [4.69, 9.17) is 5.11 Å². The Bertz CT molecular complexity index is 584. The predicted octanol–water partition coefficient (Wildman–Crippen LogP) is 1.59. The van der Waals surface area contributed by atoms with Gasteiger partial charge in [-0.3, -0.25) is 19.7 Å². The molecular formula is C13H14N2O5. The molecule has 1 amide bonds. The number of nitrogens with zero attached hydrogens (tertiary/aromatic N) is 2. The minimum absolute atomic E-state index is 0.0323. The van der Waals surface area contributed by atoms with Crippen LogP contribution in [0, 0.1) is 16.0 Å². The standard InChI is InChI=1S/C13H14N2O5/c1-2-8-5-10(15(19)20)3-4-11(8)14-7-9(13(17)18)6-12(14)16/h3-5,9H,2,6-7H2,1H3,(H,17,18). The van der Waals surface area contributed by atoms with Crippen molar-refractivity contribution in [3.63, 3.8) is 0 Å². The molecule has 0 radical (unpaired) electrons. The number of hydrogen-bond acceptors (Lipinski definition) is 4. The number of nitro groups is 1. The molecule has 1 saturated heterocycles. The van der Waals surface area contributed by atoms with E-state index in [2.05, 4.69) is 0 Å². The van der Waals surface area contributed by atoms with Crippen molar-refractivity contribution in [2.45, 2.75) is 19.8 Å². The summed E-state index contributed by atoms with van der Waals surface area (Å²) in [5.74, 6) is -1.98. The summed E-state index contributed by atoms with van der Waals surface area (Å²) in [6.07, 6.45) is 0.494. The van der Waals surface area contributed by atoms with Crippen molar-refractivity contribution in [1.82, 2.24) is 0 Å². The summed E-state index contributed by atoms with van der Waals surface area (Å²) in [5, 5.41) is 19.7. The molecule has 1 N–H and O–H groups in total. The Kier molecular flexibility index (Phi) is 3.69. The summed E-state index contributed by atoms with van der Waals surface area (Å²) in [6, 6.07) is 4.27. The molecule has 0 bridgehead atoms. The zero-order valence-corrected chi connectivity index (χ0v) is 10.9. The first-order valence-corrected chi connectivity index (χ1v) is 6.24. The molecule has 1 atom stereocenters. The Morgan fingerprint density at radius 2 is 2.25 bits per heavy atom. The van der Waals surface area contributed by atoms with Crippen molar-refractivity contribution < 1.29 is 19.6 Å². The first-order valence-electron chi connectivity index (χ1n) is 6.24. The largest absolute Gasteiger partial charge is 0.481 e. The normalized spacial score (nSPS) is 18.4. The van der Waals surface area contributed by atoms with Crippen LogP contribution in [0.3, 0.4) is 0 Å². The van der Waals surface area contributed by atoms with Crippen LogP contribution in [0.5, 0.6) is 0 Å². The van der Waals surface area contributed by atoms with Crippen LogP contribution in [0.25, 0.3) is 0 Å². The van der Waals surface area contributed by atoms with E-state index in [1.807, 2.05) is 6.92 Å². The quantitative estimate of drug-likeness (QED) is 0.665. The van der Waals surface area contributed by atoms with Crippen LogP contribution in [-0.4, -0.2) is 28.5 Å². The van der Waals surface area contributed by atoms with Crippen molar-refractivity contribution in [2.75, 3.05) is 11.4 Å². The van der Waals surface area contributed by atoms with Gasteiger partial charge in [0.1, 0.15) is 0 Å². The molecule has 0 aliphatic carbocycles. The molecule has 0 saturated carbocycles. The third-order valence-corrected chi connectivity index (χ3v) is 3.42. The molecule has 106 valence electrons. The van der Waals surface area contributed by atoms with E-state index >= 15 is 0 Å². The van der Waals surface area contributed by atoms with Crippen molar-refractivity contribution in [3.8, 4) is 0 Å². The molecule has 2 rings (SSSR count). The number of carbonyl (C=O) groups excluding carboxylic acids is 1. The van der Waals surface area contributed by atoms with Crippen LogP contribution in [0.1, 0.15) is 18.9 Å². The smallest absolute Gasteiger partial charge is 0.308 e. The molecule has 1 unspecified atom stereocenters. The zero-order valence-electron chi connectivity index (χ0n) is 10.9. The SMILES string of the molecule is CCc1cc([N+](=O)[O-])ccc1N1CC(C(=O)O)CC1=O. The van der Waals surface area contributed by atoms with E-state index in [9.17, 15) is 19.7 Å². The van der Waals surface area contributed by atoms with Crippen LogP contribution in [-0.2, 0) is 16.0 Å². The minimum Gasteiger partial charge on any atom is -0.481 e. The van der Waals surface area contributed by atoms with E-state index in [1.165, 1.54) is 23.1 Å². The maximum atomic E-state index is 11.9. The van der Waals surface area contributed by atoms with Gasteiger partial charge < -0.3 is 10.0 Å². The van der Waals surface area contributed by atoms with Gasteiger partial charge in [0.2, 0.25) is 5.91 Å². The molecule has 1 aliphatic rings. The van der Waals surface area contributed by atoms with E-state index in [0.717, 1.165) is 0 Å². The summed E-state index contributed by atoms with van der Waals surface area (Å²) in [7, 11) is 0. The second kappa shape index (κ2) is 5.28. The summed E-state index contributed by atoms with van der Waals surface area (Å²) >= 11 is 0. The second-order valence-corrected chi connectivity index (χ2v) is 4.67. The Labute approximate surface area is 115 Å². The highest BCUT2D eigenvalue weighted by Gasteiger charge is 2.35. The Balaban J connectivity index is 2.35. The van der Waals surface area contributed by atoms with Crippen molar-refractivity contribution in [3.05, 3.63) is 33.9 Å². The van der Waals surface area contributed by atoms with Crippen LogP contribution < -0.4 is 4.90 Å². The minimum atomic E-state index is -0.999. The Hall–Kier alpha value is -2.44. The maximum absolute atomic E-state index is 11.9. The van der Waals surface area contributed by atoms with Gasteiger partial charge in [-0.15, -0.1) is 0 Å². The van der Waals surface area contributed by atoms with E-state index in [1.54, 1.807) is 0 Å². The number of aryl methyl sites for hydroxylation is 1. The Morgan fingerprint density at radius 1 is 1.55 bits per heavy atom. The van der Waals surface area contributed by atoms with Crippen LogP contribution in [0.2, 0.25) is 0 Å². The number of carbonyl (C=O) groups is 2. The zero-order chi connectivity index (χ0) is 14.9. The number of rotatable bonds is 4. The lowest BCUT2D eigenvalue weighted by molar-refractivity contribution is -0.384. The van der Waals surface area contributed by atoms with Gasteiger partial charge in [-0.05, 0) is 18.1 Å². The van der Waals surface area contributed by atoms with Crippen molar-refractivity contribution >= 4 is 23.3 Å². The summed E-state index contributed by atoms with van der Waals surface area (Å²) < 4.78 is 0. The lowest BCUT2D eigenvalue weighted by atomic mass is 10.1. The monoisotopic (exact) mass is 278 g/mol. The predicted molar refractivity (Wildman–Crippen MR) is 70.6 cm³/mol. The third-order valence-electron chi connectivity index (χ3n) is 3.42. The molecule has 1 fully saturated rings. The number of carboxylic acid groups (broad SMARTS) is 1. The van der Waals surface area contributed by atoms with E-state index < -0.39 is 16.8 Å². The van der Waals surface area contributed by atoms with E-state index in [-0.39, 0.29) is 24.6 Å². The maximum Gasteiger partial charge on any atom is 0.308 e. The Morgan fingerprint density at radius 3 is 2.75 bits per heavy atom. The average molecular weight is 278 g/mol. The topological polar surface area (TPSA) is 101 Å². The number of anilines is 1. The molecule has 1 aromatic rings. The number of aliphatic carboxylic acids is 1. The van der Waals surface area contributed by atoms with E-state index in [0.29, 0.717) is 17.7 Å². The van der Waals surface area contributed by atoms with Gasteiger partial charge in [0.15, 0.2) is 0 Å². The van der Waals surface area contributed by atoms with Crippen molar-refractivity contribution in [2.24, 2.45) is 5.92 Å². The highest BCUT2D eigenvalue weighted by molar-refractivity contribution is 5.99. The lowest BCUT2D eigenvalue weighted by Crippen LogP contribution is -2.26. The van der Waals surface area contributed by atoms with Gasteiger partial charge in [-0.2, -0.15) is 0 Å². The number of hydrogen-bond donors (Lipinski definition) is 1. The van der Waals surface area contributed by atoms with Gasteiger partial charge in [0, 0.05) is 30.8 Å². The number of benzene rings is 1. The fourth-order valence-electron chi connectivity index (χ4n) is 2.34. The molecule has 0 aromatic heterocycles. The van der Waals surface area contributed by atoms with Crippen LogP contribution in [0.4, 0.5) is 11.4 Å². The van der Waals surface area contributed by atoms with Crippen LogP contribution in [0.15, 0.2) is 18.2 Å².